The van der Waals surface area contributed by atoms with Crippen molar-refractivity contribution in [3.8, 4) is 5.88 Å². The molecule has 2 rings (SSSR count). The molecule has 0 saturated heterocycles. The van der Waals surface area contributed by atoms with Crippen molar-refractivity contribution in [2.75, 3.05) is 6.26 Å². The van der Waals surface area contributed by atoms with Crippen LogP contribution in [0, 0.1) is 6.92 Å². The van der Waals surface area contributed by atoms with Gasteiger partial charge in [0.2, 0.25) is 0 Å². The zero-order valence-corrected chi connectivity index (χ0v) is 13.9. The minimum atomic E-state index is -3.91. The third kappa shape index (κ3) is 3.50. The third-order valence-corrected chi connectivity index (χ3v) is 4.70. The van der Waals surface area contributed by atoms with Gasteiger partial charge in [0.05, 0.1) is 4.47 Å². The lowest BCUT2D eigenvalue weighted by Crippen LogP contribution is -2.11. The lowest BCUT2D eigenvalue weighted by Gasteiger charge is -2.08. The quantitative estimate of drug-likeness (QED) is 0.465. The molecule has 1 aromatic heterocycles. The Hall–Kier alpha value is -1.12. The molecule has 0 aliphatic heterocycles. The second kappa shape index (κ2) is 6.11. The van der Waals surface area contributed by atoms with Gasteiger partial charge < -0.3 is 4.18 Å². The summed E-state index contributed by atoms with van der Waals surface area (Å²) in [6, 6.07) is 6.40. The standard InChI is InChI=1S/C12H11BrN2O3S2/c1-8-3-5-9(6-4-8)20(16,17)18-11-10(13)7-14-12(15-11)19-2/h3-7H,1-2H3. The Bertz CT molecular complexity index is 718. The van der Waals surface area contributed by atoms with Crippen LogP contribution in [0.5, 0.6) is 5.88 Å². The van der Waals surface area contributed by atoms with Crippen LogP contribution in [0.3, 0.4) is 0 Å². The van der Waals surface area contributed by atoms with Crippen LogP contribution in [0.25, 0.3) is 0 Å². The van der Waals surface area contributed by atoms with Gasteiger partial charge in [-0.2, -0.15) is 13.4 Å². The first-order valence-corrected chi connectivity index (χ1v) is 8.92. The Kier molecular flexibility index (Phi) is 4.66. The Morgan fingerprint density at radius 1 is 1.25 bits per heavy atom. The van der Waals surface area contributed by atoms with Gasteiger partial charge in [-0.3, -0.25) is 0 Å². The van der Waals surface area contributed by atoms with Crippen molar-refractivity contribution in [3.05, 3.63) is 40.5 Å². The summed E-state index contributed by atoms with van der Waals surface area (Å²) in [5.41, 5.74) is 0.969. The van der Waals surface area contributed by atoms with Crippen molar-refractivity contribution < 1.29 is 12.6 Å². The number of halogens is 1. The van der Waals surface area contributed by atoms with E-state index in [9.17, 15) is 8.42 Å². The maximum absolute atomic E-state index is 12.2. The first-order chi connectivity index (χ1) is 9.42. The highest BCUT2D eigenvalue weighted by Gasteiger charge is 2.19. The average Bonchev–Trinajstić information content (AvgIpc) is 2.41. The van der Waals surface area contributed by atoms with Gasteiger partial charge in [0.25, 0.3) is 5.88 Å². The van der Waals surface area contributed by atoms with E-state index in [1.54, 1.807) is 18.4 Å². The van der Waals surface area contributed by atoms with Crippen LogP contribution >= 0.6 is 27.7 Å². The molecule has 5 nitrogen and oxygen atoms in total. The fraction of sp³-hybridized carbons (Fsp3) is 0.167. The largest absolute Gasteiger partial charge is 0.357 e. The zero-order chi connectivity index (χ0) is 14.8. The van der Waals surface area contributed by atoms with Crippen LogP contribution < -0.4 is 4.18 Å². The van der Waals surface area contributed by atoms with Gasteiger partial charge in [-0.25, -0.2) is 4.98 Å². The number of rotatable bonds is 4. The number of hydrogen-bond acceptors (Lipinski definition) is 6. The molecule has 2 aromatic rings. The molecule has 0 amide bonds. The van der Waals surface area contributed by atoms with Crippen LogP contribution in [0.1, 0.15) is 5.56 Å². The molecule has 0 atom stereocenters. The SMILES string of the molecule is CSc1ncc(Br)c(OS(=O)(=O)c2ccc(C)cc2)n1. The van der Waals surface area contributed by atoms with E-state index in [4.69, 9.17) is 4.18 Å². The molecule has 1 heterocycles. The normalized spacial score (nSPS) is 11.3. The molecule has 106 valence electrons. The van der Waals surface area contributed by atoms with Gasteiger partial charge in [-0.15, -0.1) is 0 Å². The molecule has 8 heteroatoms. The molecule has 0 spiro atoms. The maximum Gasteiger partial charge on any atom is 0.340 e. The van der Waals surface area contributed by atoms with E-state index in [2.05, 4.69) is 25.9 Å². The predicted molar refractivity (Wildman–Crippen MR) is 80.5 cm³/mol. The van der Waals surface area contributed by atoms with Crippen LogP contribution in [0.4, 0.5) is 0 Å². The lowest BCUT2D eigenvalue weighted by atomic mass is 10.2. The van der Waals surface area contributed by atoms with Crippen LogP contribution in [-0.4, -0.2) is 24.6 Å². The molecule has 0 saturated carbocycles. The predicted octanol–water partition coefficient (Wildman–Crippen LogP) is 3.04. The van der Waals surface area contributed by atoms with Crippen molar-refractivity contribution >= 4 is 37.8 Å². The first-order valence-electron chi connectivity index (χ1n) is 5.50. The highest BCUT2D eigenvalue weighted by molar-refractivity contribution is 9.10. The van der Waals surface area contributed by atoms with Crippen molar-refractivity contribution in [1.29, 1.82) is 0 Å². The number of aromatic nitrogens is 2. The van der Waals surface area contributed by atoms with E-state index < -0.39 is 10.1 Å². The topological polar surface area (TPSA) is 69.2 Å². The molecule has 20 heavy (non-hydrogen) atoms. The summed E-state index contributed by atoms with van der Waals surface area (Å²) < 4.78 is 29.8. The fourth-order valence-electron chi connectivity index (χ4n) is 1.35. The molecule has 1 aromatic carbocycles. The second-order valence-electron chi connectivity index (χ2n) is 3.86. The monoisotopic (exact) mass is 374 g/mol. The van der Waals surface area contributed by atoms with Crippen molar-refractivity contribution in [2.24, 2.45) is 0 Å². The third-order valence-electron chi connectivity index (χ3n) is 2.37. The van der Waals surface area contributed by atoms with E-state index in [1.165, 1.54) is 30.1 Å². The lowest BCUT2D eigenvalue weighted by molar-refractivity contribution is 0.469. The molecule has 0 fully saturated rings. The van der Waals surface area contributed by atoms with Gasteiger partial charge in [0.1, 0.15) is 4.90 Å². The average molecular weight is 375 g/mol. The molecule has 0 aliphatic carbocycles. The van der Waals surface area contributed by atoms with Gasteiger partial charge in [-0.1, -0.05) is 29.5 Å². The van der Waals surface area contributed by atoms with Crippen LogP contribution in [0.15, 0.2) is 45.0 Å². The molecule has 0 N–H and O–H groups in total. The summed E-state index contributed by atoms with van der Waals surface area (Å²) in [7, 11) is -3.91. The Morgan fingerprint density at radius 3 is 2.50 bits per heavy atom. The highest BCUT2D eigenvalue weighted by atomic mass is 79.9. The van der Waals surface area contributed by atoms with Crippen molar-refractivity contribution in [2.45, 2.75) is 17.0 Å². The molecule has 0 radical (unpaired) electrons. The Labute approximate surface area is 130 Å². The summed E-state index contributed by atoms with van der Waals surface area (Å²) in [6.07, 6.45) is 3.25. The minimum absolute atomic E-state index is 0.0232. The molecule has 0 bridgehead atoms. The molecular weight excluding hydrogens is 364 g/mol. The molecule has 0 aliphatic rings. The summed E-state index contributed by atoms with van der Waals surface area (Å²) in [4.78, 5) is 8.11. The van der Waals surface area contributed by atoms with E-state index >= 15 is 0 Å². The summed E-state index contributed by atoms with van der Waals surface area (Å²) >= 11 is 4.47. The maximum atomic E-state index is 12.2. The van der Waals surface area contributed by atoms with E-state index in [0.29, 0.717) is 9.63 Å². The number of benzene rings is 1. The summed E-state index contributed by atoms with van der Waals surface area (Å²) in [6.45, 7) is 1.88. The van der Waals surface area contributed by atoms with Gasteiger partial charge in [-0.05, 0) is 41.2 Å². The van der Waals surface area contributed by atoms with E-state index in [1.807, 2.05) is 6.92 Å². The fourth-order valence-corrected chi connectivity index (χ4v) is 2.96. The zero-order valence-electron chi connectivity index (χ0n) is 10.7. The Morgan fingerprint density at radius 2 is 1.90 bits per heavy atom. The van der Waals surface area contributed by atoms with E-state index in [-0.39, 0.29) is 10.8 Å². The van der Waals surface area contributed by atoms with Crippen LogP contribution in [0.2, 0.25) is 0 Å². The summed E-state index contributed by atoms with van der Waals surface area (Å²) in [5.74, 6) is -0.0232. The first kappa shape index (κ1) is 15.3. The number of nitrogens with zero attached hydrogens (tertiary/aromatic N) is 2. The van der Waals surface area contributed by atoms with Gasteiger partial charge >= 0.3 is 10.1 Å². The second-order valence-corrected chi connectivity index (χ2v) is 7.03. The Balaban J connectivity index is 2.35. The van der Waals surface area contributed by atoms with Crippen LogP contribution in [-0.2, 0) is 10.1 Å². The van der Waals surface area contributed by atoms with Gasteiger partial charge in [0, 0.05) is 6.20 Å². The minimum Gasteiger partial charge on any atom is -0.357 e. The van der Waals surface area contributed by atoms with Gasteiger partial charge in [0.15, 0.2) is 5.16 Å². The highest BCUT2D eigenvalue weighted by Crippen LogP contribution is 2.26. The smallest absolute Gasteiger partial charge is 0.340 e. The number of thioether (sulfide) groups is 1. The number of hydrogen-bond donors (Lipinski definition) is 0. The van der Waals surface area contributed by atoms with E-state index in [0.717, 1.165) is 5.56 Å². The molecular formula is C12H11BrN2O3S2. The number of aryl methyl sites for hydroxylation is 1. The molecule has 0 unspecified atom stereocenters. The van der Waals surface area contributed by atoms with Crippen molar-refractivity contribution in [3.63, 3.8) is 0 Å². The summed E-state index contributed by atoms with van der Waals surface area (Å²) in [5, 5.41) is 0.433. The van der Waals surface area contributed by atoms with Crippen molar-refractivity contribution in [1.82, 2.24) is 9.97 Å².